The fraction of sp³-hybridized carbons (Fsp3) is 0.538. The van der Waals surface area contributed by atoms with E-state index < -0.39 is 17.0 Å². The van der Waals surface area contributed by atoms with E-state index in [0.717, 1.165) is 18.9 Å². The molecule has 1 fully saturated rings. The highest BCUT2D eigenvalue weighted by molar-refractivity contribution is 6.32. The van der Waals surface area contributed by atoms with Crippen LogP contribution in [0.15, 0.2) is 6.07 Å². The van der Waals surface area contributed by atoms with Crippen LogP contribution in [0.5, 0.6) is 5.75 Å². The molecule has 1 aliphatic carbocycles. The SMILES string of the molecule is COc1cc(F)c(C2(CN)CCCC2)c(F)c1Cl. The van der Waals surface area contributed by atoms with Gasteiger partial charge >= 0.3 is 0 Å². The minimum absolute atomic E-state index is 0.0144. The quantitative estimate of drug-likeness (QED) is 0.858. The predicted molar refractivity (Wildman–Crippen MR) is 67.1 cm³/mol. The van der Waals surface area contributed by atoms with Crippen molar-refractivity contribution in [3.63, 3.8) is 0 Å². The molecule has 0 aliphatic heterocycles. The average Bonchev–Trinajstić information content (AvgIpc) is 2.83. The molecule has 1 aromatic rings. The van der Waals surface area contributed by atoms with E-state index in [1.54, 1.807) is 0 Å². The smallest absolute Gasteiger partial charge is 0.152 e. The molecule has 100 valence electrons. The van der Waals surface area contributed by atoms with Gasteiger partial charge in [-0.2, -0.15) is 0 Å². The van der Waals surface area contributed by atoms with Gasteiger partial charge in [0.25, 0.3) is 0 Å². The molecule has 0 unspecified atom stereocenters. The van der Waals surface area contributed by atoms with E-state index >= 15 is 0 Å². The number of hydrogen-bond donors (Lipinski definition) is 1. The molecule has 0 atom stereocenters. The molecule has 0 amide bonds. The van der Waals surface area contributed by atoms with Gasteiger partial charge in [-0.25, -0.2) is 8.78 Å². The van der Waals surface area contributed by atoms with Crippen molar-refractivity contribution in [1.29, 1.82) is 0 Å². The first-order valence-electron chi connectivity index (χ1n) is 5.98. The molecule has 2 rings (SSSR count). The first-order chi connectivity index (χ1) is 8.55. The average molecular weight is 276 g/mol. The van der Waals surface area contributed by atoms with Crippen LogP contribution < -0.4 is 10.5 Å². The fourth-order valence-corrected chi connectivity index (χ4v) is 3.04. The third-order valence-electron chi connectivity index (χ3n) is 3.83. The maximum absolute atomic E-state index is 14.3. The highest BCUT2D eigenvalue weighted by Crippen LogP contribution is 2.45. The van der Waals surface area contributed by atoms with E-state index in [1.165, 1.54) is 7.11 Å². The number of hydrogen-bond acceptors (Lipinski definition) is 2. The third-order valence-corrected chi connectivity index (χ3v) is 4.18. The Morgan fingerprint density at radius 2 is 2.00 bits per heavy atom. The lowest BCUT2D eigenvalue weighted by Gasteiger charge is -2.29. The Hall–Kier alpha value is -0.870. The van der Waals surface area contributed by atoms with Crippen molar-refractivity contribution in [3.8, 4) is 5.75 Å². The van der Waals surface area contributed by atoms with Crippen LogP contribution in [-0.2, 0) is 5.41 Å². The van der Waals surface area contributed by atoms with Crippen molar-refractivity contribution < 1.29 is 13.5 Å². The monoisotopic (exact) mass is 275 g/mol. The van der Waals surface area contributed by atoms with Crippen molar-refractivity contribution in [1.82, 2.24) is 0 Å². The number of ether oxygens (including phenoxy) is 1. The van der Waals surface area contributed by atoms with Gasteiger partial charge in [0.05, 0.1) is 7.11 Å². The summed E-state index contributed by atoms with van der Waals surface area (Å²) in [5.74, 6) is -1.34. The van der Waals surface area contributed by atoms with Gasteiger partial charge in [0.2, 0.25) is 0 Å². The Kier molecular flexibility index (Phi) is 3.78. The fourth-order valence-electron chi connectivity index (χ4n) is 2.82. The summed E-state index contributed by atoms with van der Waals surface area (Å²) >= 11 is 5.86. The Labute approximate surface area is 110 Å². The normalized spacial score (nSPS) is 18.1. The van der Waals surface area contributed by atoms with Crippen molar-refractivity contribution in [2.75, 3.05) is 13.7 Å². The van der Waals surface area contributed by atoms with E-state index in [1.807, 2.05) is 0 Å². The van der Waals surface area contributed by atoms with Crippen LogP contribution in [0.3, 0.4) is 0 Å². The maximum atomic E-state index is 14.3. The number of benzene rings is 1. The van der Waals surface area contributed by atoms with Crippen LogP contribution in [0.2, 0.25) is 5.02 Å². The van der Waals surface area contributed by atoms with E-state index in [9.17, 15) is 8.78 Å². The van der Waals surface area contributed by atoms with Crippen LogP contribution in [0, 0.1) is 11.6 Å². The maximum Gasteiger partial charge on any atom is 0.152 e. The summed E-state index contributed by atoms with van der Waals surface area (Å²) in [5.41, 5.74) is 5.15. The largest absolute Gasteiger partial charge is 0.495 e. The predicted octanol–water partition coefficient (Wildman–Crippen LogP) is 3.40. The Balaban J connectivity index is 2.60. The van der Waals surface area contributed by atoms with Gasteiger partial charge in [0.15, 0.2) is 5.82 Å². The lowest BCUT2D eigenvalue weighted by molar-refractivity contribution is 0.381. The summed E-state index contributed by atoms with van der Waals surface area (Å²) in [6.07, 6.45) is 3.25. The van der Waals surface area contributed by atoms with E-state index in [0.29, 0.717) is 12.8 Å². The van der Waals surface area contributed by atoms with Gasteiger partial charge in [-0.1, -0.05) is 24.4 Å². The molecular weight excluding hydrogens is 260 g/mol. The van der Waals surface area contributed by atoms with Crippen molar-refractivity contribution >= 4 is 11.6 Å². The topological polar surface area (TPSA) is 35.2 Å². The summed E-state index contributed by atoms with van der Waals surface area (Å²) in [5, 5.41) is -0.173. The molecule has 0 aromatic heterocycles. The van der Waals surface area contributed by atoms with Gasteiger partial charge < -0.3 is 10.5 Å². The highest BCUT2D eigenvalue weighted by Gasteiger charge is 2.40. The molecule has 0 bridgehead atoms. The van der Waals surface area contributed by atoms with Crippen molar-refractivity contribution in [3.05, 3.63) is 28.3 Å². The minimum atomic E-state index is -0.735. The second-order valence-electron chi connectivity index (χ2n) is 4.76. The van der Waals surface area contributed by atoms with E-state index in [-0.39, 0.29) is 22.9 Å². The van der Waals surface area contributed by atoms with Gasteiger partial charge in [0, 0.05) is 23.6 Å². The Morgan fingerprint density at radius 3 is 2.50 bits per heavy atom. The van der Waals surface area contributed by atoms with E-state index in [2.05, 4.69) is 0 Å². The molecule has 5 heteroatoms. The number of methoxy groups -OCH3 is 1. The molecule has 1 saturated carbocycles. The standard InChI is InChI=1S/C13H16ClF2NO/c1-18-9-6-8(15)10(12(16)11(9)14)13(7-17)4-2-3-5-13/h6H,2-5,7,17H2,1H3. The molecule has 0 saturated heterocycles. The number of rotatable bonds is 3. The molecule has 0 radical (unpaired) electrons. The van der Waals surface area contributed by atoms with Crippen LogP contribution in [0.25, 0.3) is 0 Å². The zero-order valence-corrected chi connectivity index (χ0v) is 11.0. The van der Waals surface area contributed by atoms with Crippen LogP contribution in [-0.4, -0.2) is 13.7 Å². The lowest BCUT2D eigenvalue weighted by Crippen LogP contribution is -2.34. The summed E-state index contributed by atoms with van der Waals surface area (Å²) in [6.45, 7) is 0.226. The second kappa shape index (κ2) is 5.02. The number of halogens is 3. The van der Waals surface area contributed by atoms with Gasteiger partial charge in [-0.05, 0) is 12.8 Å². The van der Waals surface area contributed by atoms with Gasteiger partial charge in [-0.15, -0.1) is 0 Å². The molecule has 2 N–H and O–H groups in total. The second-order valence-corrected chi connectivity index (χ2v) is 5.13. The third kappa shape index (κ3) is 1.97. The molecule has 2 nitrogen and oxygen atoms in total. The van der Waals surface area contributed by atoms with Crippen molar-refractivity contribution in [2.45, 2.75) is 31.1 Å². The van der Waals surface area contributed by atoms with E-state index in [4.69, 9.17) is 22.1 Å². The summed E-state index contributed by atoms with van der Waals surface area (Å²) in [7, 11) is 1.33. The summed E-state index contributed by atoms with van der Waals surface area (Å²) in [4.78, 5) is 0. The Bertz CT molecular complexity index is 459. The summed E-state index contributed by atoms with van der Waals surface area (Å²) in [6, 6.07) is 1.14. The van der Waals surface area contributed by atoms with Gasteiger partial charge in [-0.3, -0.25) is 0 Å². The van der Waals surface area contributed by atoms with Crippen LogP contribution in [0.1, 0.15) is 31.2 Å². The lowest BCUT2D eigenvalue weighted by atomic mass is 9.78. The molecule has 18 heavy (non-hydrogen) atoms. The Morgan fingerprint density at radius 1 is 1.39 bits per heavy atom. The van der Waals surface area contributed by atoms with Crippen LogP contribution in [0.4, 0.5) is 8.78 Å². The van der Waals surface area contributed by atoms with Gasteiger partial charge in [0.1, 0.15) is 16.6 Å². The molecule has 0 spiro atoms. The first-order valence-corrected chi connectivity index (χ1v) is 6.35. The number of nitrogens with two attached hydrogens (primary N) is 1. The molecule has 0 heterocycles. The first kappa shape index (κ1) is 13.6. The molecule has 1 aromatic carbocycles. The van der Waals surface area contributed by atoms with Crippen molar-refractivity contribution in [2.24, 2.45) is 5.73 Å². The molecular formula is C13H16ClF2NO. The minimum Gasteiger partial charge on any atom is -0.495 e. The highest BCUT2D eigenvalue weighted by atomic mass is 35.5. The van der Waals surface area contributed by atoms with Crippen LogP contribution >= 0.6 is 11.6 Å². The summed E-state index contributed by atoms with van der Waals surface area (Å²) < 4.78 is 33.3. The zero-order chi connectivity index (χ0) is 13.3. The zero-order valence-electron chi connectivity index (χ0n) is 10.2. The molecule has 1 aliphatic rings.